The van der Waals surface area contributed by atoms with Crippen molar-refractivity contribution in [3.8, 4) is 11.8 Å². The molecule has 0 unspecified atom stereocenters. The minimum absolute atomic E-state index is 0.884. The lowest BCUT2D eigenvalue weighted by Gasteiger charge is -2.06. The highest BCUT2D eigenvalue weighted by Crippen LogP contribution is 2.36. The Morgan fingerprint density at radius 3 is 1.43 bits per heavy atom. The average Bonchev–Trinajstić information content (AvgIpc) is 3.64. The molecule has 0 radical (unpaired) electrons. The zero-order valence-electron chi connectivity index (χ0n) is 19.1. The third-order valence-corrected chi connectivity index (χ3v) is 7.19. The molecule has 5 heteroatoms. The number of fused-ring (bicyclic) bond motifs is 7. The van der Waals surface area contributed by atoms with Gasteiger partial charge in [0.25, 0.3) is 0 Å². The van der Waals surface area contributed by atoms with Crippen molar-refractivity contribution in [2.45, 2.75) is 0 Å². The summed E-state index contributed by atoms with van der Waals surface area (Å²) < 4.78 is 8.95. The van der Waals surface area contributed by atoms with Gasteiger partial charge >= 0.3 is 0 Å². The van der Waals surface area contributed by atoms with Crippen LogP contribution in [0.15, 0.2) is 109 Å². The van der Waals surface area contributed by atoms with Crippen LogP contribution in [-0.4, -0.2) is 23.1 Å². The molecule has 5 nitrogen and oxygen atoms in total. The Morgan fingerprint density at radius 2 is 0.943 bits per heavy atom. The van der Waals surface area contributed by atoms with Crippen LogP contribution in [0.5, 0.6) is 0 Å². The average molecular weight is 452 g/mol. The molecule has 0 saturated heterocycles. The Balaban J connectivity index is 1.55. The van der Waals surface area contributed by atoms with E-state index in [0.717, 1.165) is 39.5 Å². The van der Waals surface area contributed by atoms with Crippen molar-refractivity contribution in [1.29, 1.82) is 0 Å². The molecule has 0 aliphatic carbocycles. The molecular formula is C30H21N5. The molecule has 0 amide bonds. The second-order valence-corrected chi connectivity index (χ2v) is 9.08. The first-order valence-electron chi connectivity index (χ1n) is 11.8. The zero-order valence-corrected chi connectivity index (χ0v) is 19.1. The molecule has 4 aromatic heterocycles. The number of benzene rings is 4. The standard InChI is InChI=1S/C30H21N5/c1-32-18-19-33-29(32)28(34-24-14-6-2-10-20(24)21-11-3-7-15-25(21)34)31-30(33)35-26-16-8-4-12-22(26)23-13-5-9-17-27(23)35/h2-19H,1H3. The van der Waals surface area contributed by atoms with E-state index in [9.17, 15) is 0 Å². The molecular weight excluding hydrogens is 430 g/mol. The first-order valence-corrected chi connectivity index (χ1v) is 11.8. The third-order valence-electron chi connectivity index (χ3n) is 7.19. The lowest BCUT2D eigenvalue weighted by atomic mass is 10.2. The van der Waals surface area contributed by atoms with E-state index in [1.54, 1.807) is 0 Å². The molecule has 8 rings (SSSR count). The quantitative estimate of drug-likeness (QED) is 0.282. The number of hydrogen-bond acceptors (Lipinski definition) is 1. The summed E-state index contributed by atoms with van der Waals surface area (Å²) in [5.41, 5.74) is 5.66. The van der Waals surface area contributed by atoms with Gasteiger partial charge in [0, 0.05) is 41.0 Å². The summed E-state index contributed by atoms with van der Waals surface area (Å²) in [4.78, 5) is 5.36. The van der Waals surface area contributed by atoms with Gasteiger partial charge < -0.3 is 4.57 Å². The predicted molar refractivity (Wildman–Crippen MR) is 143 cm³/mol. The highest BCUT2D eigenvalue weighted by molar-refractivity contribution is 6.10. The maximum absolute atomic E-state index is 5.36. The molecule has 0 aliphatic rings. The molecule has 166 valence electrons. The molecule has 0 atom stereocenters. The maximum Gasteiger partial charge on any atom is 0.222 e. The Labute approximate surface area is 200 Å². The van der Waals surface area contributed by atoms with Crippen LogP contribution < -0.4 is 0 Å². The van der Waals surface area contributed by atoms with Crippen LogP contribution in [0.2, 0.25) is 0 Å². The van der Waals surface area contributed by atoms with Crippen molar-refractivity contribution < 1.29 is 0 Å². The van der Waals surface area contributed by atoms with Crippen molar-refractivity contribution in [3.63, 3.8) is 0 Å². The van der Waals surface area contributed by atoms with Gasteiger partial charge in [-0.3, -0.25) is 13.5 Å². The smallest absolute Gasteiger partial charge is 0.222 e. The maximum atomic E-state index is 5.36. The van der Waals surface area contributed by atoms with E-state index in [0.29, 0.717) is 0 Å². The fourth-order valence-electron chi connectivity index (χ4n) is 5.70. The number of rotatable bonds is 2. The molecule has 0 bridgehead atoms. The number of hydrogen-bond donors (Lipinski definition) is 0. The molecule has 0 fully saturated rings. The van der Waals surface area contributed by atoms with Gasteiger partial charge in [0.1, 0.15) is 0 Å². The van der Waals surface area contributed by atoms with Crippen LogP contribution in [0.4, 0.5) is 0 Å². The van der Waals surface area contributed by atoms with E-state index in [1.165, 1.54) is 21.5 Å². The van der Waals surface area contributed by atoms with Crippen LogP contribution in [0, 0.1) is 0 Å². The summed E-state index contributed by atoms with van der Waals surface area (Å²) in [7, 11) is 2.09. The van der Waals surface area contributed by atoms with Gasteiger partial charge in [-0.2, -0.15) is 4.98 Å². The SMILES string of the molecule is Cn1ccn2c(-n3c4ccccc4c4ccccc43)nc(-n3c4ccccc4c4ccccc43)c12. The number of imidazole rings is 2. The minimum Gasteiger partial charge on any atom is -0.333 e. The predicted octanol–water partition coefficient (Wildman–Crippen LogP) is 6.87. The molecule has 0 aliphatic heterocycles. The largest absolute Gasteiger partial charge is 0.333 e. The third kappa shape index (κ3) is 2.34. The summed E-state index contributed by atoms with van der Waals surface area (Å²) >= 11 is 0. The molecule has 0 saturated carbocycles. The second-order valence-electron chi connectivity index (χ2n) is 9.08. The fraction of sp³-hybridized carbons (Fsp3) is 0.0333. The lowest BCUT2D eigenvalue weighted by molar-refractivity contribution is 0.946. The molecule has 4 heterocycles. The molecule has 0 spiro atoms. The monoisotopic (exact) mass is 451 g/mol. The van der Waals surface area contributed by atoms with Gasteiger partial charge in [0.05, 0.1) is 22.1 Å². The van der Waals surface area contributed by atoms with E-state index in [4.69, 9.17) is 4.98 Å². The normalized spacial score (nSPS) is 12.1. The van der Waals surface area contributed by atoms with Gasteiger partial charge in [-0.15, -0.1) is 0 Å². The highest BCUT2D eigenvalue weighted by atomic mass is 15.3. The van der Waals surface area contributed by atoms with E-state index in [2.05, 4.69) is 135 Å². The fourth-order valence-corrected chi connectivity index (χ4v) is 5.70. The summed E-state index contributed by atoms with van der Waals surface area (Å²) in [5.74, 6) is 1.81. The van der Waals surface area contributed by atoms with Gasteiger partial charge in [-0.05, 0) is 24.3 Å². The van der Waals surface area contributed by atoms with E-state index in [-0.39, 0.29) is 0 Å². The number of para-hydroxylation sites is 4. The Kier molecular flexibility index (Phi) is 3.54. The van der Waals surface area contributed by atoms with E-state index in [1.807, 2.05) is 0 Å². The van der Waals surface area contributed by atoms with Crippen LogP contribution in [0.3, 0.4) is 0 Å². The van der Waals surface area contributed by atoms with Gasteiger partial charge in [0.2, 0.25) is 5.95 Å². The lowest BCUT2D eigenvalue weighted by Crippen LogP contribution is -2.00. The molecule has 35 heavy (non-hydrogen) atoms. The topological polar surface area (TPSA) is 32.1 Å². The van der Waals surface area contributed by atoms with Crippen molar-refractivity contribution >= 4 is 49.3 Å². The van der Waals surface area contributed by atoms with E-state index < -0.39 is 0 Å². The molecule has 4 aromatic carbocycles. The summed E-state index contributed by atoms with van der Waals surface area (Å²) in [6.07, 6.45) is 4.21. The molecule has 8 aromatic rings. The van der Waals surface area contributed by atoms with Crippen LogP contribution in [0.25, 0.3) is 61.0 Å². The Morgan fingerprint density at radius 1 is 0.514 bits per heavy atom. The van der Waals surface area contributed by atoms with Gasteiger partial charge in [-0.1, -0.05) is 72.8 Å². The summed E-state index contributed by atoms with van der Waals surface area (Å²) in [6, 6.07) is 34.3. The Hall–Kier alpha value is -4.77. The highest BCUT2D eigenvalue weighted by Gasteiger charge is 2.23. The van der Waals surface area contributed by atoms with Crippen molar-refractivity contribution in [2.75, 3.05) is 0 Å². The number of nitrogens with zero attached hydrogens (tertiary/aromatic N) is 5. The van der Waals surface area contributed by atoms with Crippen molar-refractivity contribution in [3.05, 3.63) is 109 Å². The molecule has 0 N–H and O–H groups in total. The zero-order chi connectivity index (χ0) is 23.1. The van der Waals surface area contributed by atoms with Crippen molar-refractivity contribution in [1.82, 2.24) is 23.1 Å². The van der Waals surface area contributed by atoms with Gasteiger partial charge in [-0.25, -0.2) is 0 Å². The van der Waals surface area contributed by atoms with Gasteiger partial charge in [0.15, 0.2) is 11.5 Å². The minimum atomic E-state index is 0.884. The number of aromatic nitrogens is 5. The first-order chi connectivity index (χ1) is 17.3. The van der Waals surface area contributed by atoms with Crippen LogP contribution in [0.1, 0.15) is 0 Å². The second kappa shape index (κ2) is 6.64. The Bertz CT molecular complexity index is 1970. The van der Waals surface area contributed by atoms with Crippen LogP contribution >= 0.6 is 0 Å². The summed E-state index contributed by atoms with van der Waals surface area (Å²) in [5, 5.41) is 4.93. The summed E-state index contributed by atoms with van der Waals surface area (Å²) in [6.45, 7) is 0. The number of aryl methyl sites for hydroxylation is 1. The van der Waals surface area contributed by atoms with Crippen LogP contribution in [-0.2, 0) is 7.05 Å². The van der Waals surface area contributed by atoms with Crippen molar-refractivity contribution in [2.24, 2.45) is 7.05 Å². The van der Waals surface area contributed by atoms with E-state index >= 15 is 0 Å². The first kappa shape index (κ1) is 18.6.